The van der Waals surface area contributed by atoms with Crippen molar-refractivity contribution in [2.24, 2.45) is 0 Å². The van der Waals surface area contributed by atoms with Crippen molar-refractivity contribution in [2.75, 3.05) is 40.4 Å². The molecule has 5 rings (SSSR count). The molecule has 0 saturated carbocycles. The topological polar surface area (TPSA) is 64.3 Å². The number of fused-ring (bicyclic) bond motifs is 1. The monoisotopic (exact) mass is 471 g/mol. The first kappa shape index (κ1) is 23.3. The van der Waals surface area contributed by atoms with Gasteiger partial charge in [-0.1, -0.05) is 42.5 Å². The number of carbonyl (C=O) groups excluding carboxylic acids is 1. The van der Waals surface area contributed by atoms with Crippen LogP contribution in [0.25, 0.3) is 21.9 Å². The Hall–Kier alpha value is -3.42. The van der Waals surface area contributed by atoms with Crippen molar-refractivity contribution in [1.29, 1.82) is 0 Å². The highest BCUT2D eigenvalue weighted by molar-refractivity contribution is 6.05. The molecule has 7 nitrogen and oxygen atoms in total. The van der Waals surface area contributed by atoms with E-state index in [-0.39, 0.29) is 5.91 Å². The van der Waals surface area contributed by atoms with Crippen molar-refractivity contribution in [3.63, 3.8) is 0 Å². The molecule has 35 heavy (non-hydrogen) atoms. The Balaban J connectivity index is 1.54. The lowest BCUT2D eigenvalue weighted by molar-refractivity contribution is 0.0745. The number of nitrogens with zero attached hydrogens (tertiary/aromatic N) is 4. The first-order valence-corrected chi connectivity index (χ1v) is 12.3. The maximum Gasteiger partial charge on any atom is 0.255 e. The summed E-state index contributed by atoms with van der Waals surface area (Å²) < 4.78 is 9.64. The Kier molecular flexibility index (Phi) is 6.97. The number of amides is 1. The minimum Gasteiger partial charge on any atom is -0.383 e. The van der Waals surface area contributed by atoms with Crippen LogP contribution < -0.4 is 5.32 Å². The standard InChI is InChI=1S/C28H33N5O2/c1-31(14-15-35-2)28(34)27-19-32(17-23-16-30-20-33(23)22-10-12-29-13-11-22)18-26(27)25-9-5-7-21-6-3-4-8-24(21)25/h3-9,16,18-20,22,29H,10-15,17H2,1-2H3. The van der Waals surface area contributed by atoms with Crippen molar-refractivity contribution < 1.29 is 9.53 Å². The Morgan fingerprint density at radius 2 is 1.91 bits per heavy atom. The molecular formula is C28H33N5O2. The largest absolute Gasteiger partial charge is 0.383 e. The molecule has 0 spiro atoms. The van der Waals surface area contributed by atoms with Crippen LogP contribution in [0.3, 0.4) is 0 Å². The summed E-state index contributed by atoms with van der Waals surface area (Å²) in [5, 5.41) is 5.74. The first-order valence-electron chi connectivity index (χ1n) is 12.3. The van der Waals surface area contributed by atoms with Gasteiger partial charge in [0.05, 0.1) is 30.7 Å². The summed E-state index contributed by atoms with van der Waals surface area (Å²) in [6.45, 7) is 3.77. The quantitative estimate of drug-likeness (QED) is 0.418. The average Bonchev–Trinajstić information content (AvgIpc) is 3.54. The molecule has 0 aliphatic carbocycles. The predicted molar refractivity (Wildman–Crippen MR) is 139 cm³/mol. The Labute approximate surface area is 206 Å². The number of ether oxygens (including phenoxy) is 1. The highest BCUT2D eigenvalue weighted by atomic mass is 16.5. The molecule has 0 unspecified atom stereocenters. The molecule has 1 aliphatic rings. The zero-order chi connectivity index (χ0) is 24.2. The van der Waals surface area contributed by atoms with Crippen LogP contribution in [0.15, 0.2) is 67.4 Å². The van der Waals surface area contributed by atoms with Gasteiger partial charge < -0.3 is 24.1 Å². The highest BCUT2D eigenvalue weighted by Gasteiger charge is 2.22. The van der Waals surface area contributed by atoms with Crippen molar-refractivity contribution in [1.82, 2.24) is 24.3 Å². The summed E-state index contributed by atoms with van der Waals surface area (Å²) in [7, 11) is 3.49. The van der Waals surface area contributed by atoms with Gasteiger partial charge in [-0.3, -0.25) is 4.79 Å². The lowest BCUT2D eigenvalue weighted by Crippen LogP contribution is -2.30. The van der Waals surface area contributed by atoms with Gasteiger partial charge in [0.2, 0.25) is 0 Å². The number of hydrogen-bond donors (Lipinski definition) is 1. The summed E-state index contributed by atoms with van der Waals surface area (Å²) in [4.78, 5) is 19.7. The number of nitrogens with one attached hydrogen (secondary N) is 1. The van der Waals surface area contributed by atoms with E-state index >= 15 is 0 Å². The lowest BCUT2D eigenvalue weighted by atomic mass is 9.97. The van der Waals surface area contributed by atoms with E-state index < -0.39 is 0 Å². The van der Waals surface area contributed by atoms with Crippen LogP contribution >= 0.6 is 0 Å². The van der Waals surface area contributed by atoms with E-state index in [1.807, 2.05) is 37.9 Å². The zero-order valence-corrected chi connectivity index (χ0v) is 20.5. The van der Waals surface area contributed by atoms with E-state index in [2.05, 4.69) is 56.0 Å². The minimum absolute atomic E-state index is 0.00408. The highest BCUT2D eigenvalue weighted by Crippen LogP contribution is 2.33. The van der Waals surface area contributed by atoms with Crippen molar-refractivity contribution in [3.05, 3.63) is 78.6 Å². The first-order chi connectivity index (χ1) is 17.2. The maximum absolute atomic E-state index is 13.5. The normalized spacial score (nSPS) is 14.5. The van der Waals surface area contributed by atoms with Crippen LogP contribution in [0.5, 0.6) is 0 Å². The van der Waals surface area contributed by atoms with Crippen LogP contribution in [0.2, 0.25) is 0 Å². The van der Waals surface area contributed by atoms with Gasteiger partial charge in [-0.25, -0.2) is 4.98 Å². The van der Waals surface area contributed by atoms with E-state index in [1.54, 1.807) is 12.0 Å². The molecule has 0 bridgehead atoms. The molecule has 0 atom stereocenters. The fourth-order valence-electron chi connectivity index (χ4n) is 5.04. The number of rotatable bonds is 8. The number of aromatic nitrogens is 3. The third kappa shape index (κ3) is 4.88. The predicted octanol–water partition coefficient (Wildman–Crippen LogP) is 4.20. The van der Waals surface area contributed by atoms with E-state index in [4.69, 9.17) is 4.74 Å². The molecule has 1 aliphatic heterocycles. The lowest BCUT2D eigenvalue weighted by Gasteiger charge is -2.25. The number of likely N-dealkylation sites (N-methyl/N-ethyl adjacent to an activating group) is 1. The Morgan fingerprint density at radius 1 is 1.11 bits per heavy atom. The minimum atomic E-state index is -0.00408. The molecule has 2 aromatic carbocycles. The van der Waals surface area contributed by atoms with Gasteiger partial charge in [0, 0.05) is 50.9 Å². The van der Waals surface area contributed by atoms with Crippen molar-refractivity contribution in [2.45, 2.75) is 25.4 Å². The molecule has 1 fully saturated rings. The fourth-order valence-corrected chi connectivity index (χ4v) is 5.04. The molecule has 1 saturated heterocycles. The molecular weight excluding hydrogens is 438 g/mol. The summed E-state index contributed by atoms with van der Waals surface area (Å²) in [5.74, 6) is -0.00408. The summed E-state index contributed by atoms with van der Waals surface area (Å²) in [6.07, 6.45) is 10.2. The van der Waals surface area contributed by atoms with Gasteiger partial charge in [0.15, 0.2) is 0 Å². The van der Waals surface area contributed by atoms with Gasteiger partial charge in [-0.2, -0.15) is 0 Å². The van der Waals surface area contributed by atoms with E-state index in [0.717, 1.165) is 53.5 Å². The zero-order valence-electron chi connectivity index (χ0n) is 20.5. The molecule has 7 heteroatoms. The van der Waals surface area contributed by atoms with Crippen LogP contribution in [-0.2, 0) is 11.3 Å². The SMILES string of the molecule is COCCN(C)C(=O)c1cn(Cc2cncn2C2CCNCC2)cc1-c1cccc2ccccc12. The number of benzene rings is 2. The van der Waals surface area contributed by atoms with E-state index in [0.29, 0.717) is 31.3 Å². The average molecular weight is 472 g/mol. The number of imidazole rings is 1. The Morgan fingerprint density at radius 3 is 2.74 bits per heavy atom. The summed E-state index contributed by atoms with van der Waals surface area (Å²) in [6, 6.07) is 15.1. The summed E-state index contributed by atoms with van der Waals surface area (Å²) in [5.41, 5.74) is 3.87. The second-order valence-corrected chi connectivity index (χ2v) is 9.28. The second kappa shape index (κ2) is 10.5. The fraction of sp³-hybridized carbons (Fsp3) is 0.357. The number of methoxy groups -OCH3 is 1. The third-order valence-corrected chi connectivity index (χ3v) is 6.96. The molecule has 2 aromatic heterocycles. The summed E-state index contributed by atoms with van der Waals surface area (Å²) >= 11 is 0. The molecule has 4 aromatic rings. The molecule has 0 radical (unpaired) electrons. The van der Waals surface area contributed by atoms with Crippen LogP contribution in [0.4, 0.5) is 0 Å². The maximum atomic E-state index is 13.5. The van der Waals surface area contributed by atoms with Gasteiger partial charge in [-0.15, -0.1) is 0 Å². The number of carbonyl (C=O) groups is 1. The van der Waals surface area contributed by atoms with Gasteiger partial charge in [-0.05, 0) is 42.3 Å². The van der Waals surface area contributed by atoms with Crippen LogP contribution in [0, 0.1) is 0 Å². The third-order valence-electron chi connectivity index (χ3n) is 6.96. The number of hydrogen-bond acceptors (Lipinski definition) is 4. The van der Waals surface area contributed by atoms with E-state index in [9.17, 15) is 4.79 Å². The van der Waals surface area contributed by atoms with Gasteiger partial charge in [0.25, 0.3) is 5.91 Å². The smallest absolute Gasteiger partial charge is 0.255 e. The van der Waals surface area contributed by atoms with Crippen LogP contribution in [-0.4, -0.2) is 65.3 Å². The Bertz CT molecular complexity index is 1300. The molecule has 3 heterocycles. The van der Waals surface area contributed by atoms with E-state index in [1.165, 1.54) is 0 Å². The molecule has 182 valence electrons. The number of piperidine rings is 1. The van der Waals surface area contributed by atoms with Gasteiger partial charge >= 0.3 is 0 Å². The van der Waals surface area contributed by atoms with Gasteiger partial charge in [0.1, 0.15) is 0 Å². The van der Waals surface area contributed by atoms with Crippen molar-refractivity contribution in [3.8, 4) is 11.1 Å². The van der Waals surface area contributed by atoms with Crippen molar-refractivity contribution >= 4 is 16.7 Å². The molecule has 1 N–H and O–H groups in total. The second-order valence-electron chi connectivity index (χ2n) is 9.28. The van der Waals surface area contributed by atoms with Crippen LogP contribution in [0.1, 0.15) is 34.9 Å². The molecule has 1 amide bonds.